The lowest BCUT2D eigenvalue weighted by Gasteiger charge is -2.10. The molecule has 0 atom stereocenters. The molecular formula is C15H17N5O3S. The summed E-state index contributed by atoms with van der Waals surface area (Å²) in [4.78, 5) is 13.1. The average molecular weight is 347 g/mol. The van der Waals surface area contributed by atoms with Crippen LogP contribution in [-0.4, -0.2) is 39.9 Å². The highest BCUT2D eigenvalue weighted by molar-refractivity contribution is 7.18. The third-order valence-electron chi connectivity index (χ3n) is 3.38. The predicted molar refractivity (Wildman–Crippen MR) is 90.2 cm³/mol. The van der Waals surface area contributed by atoms with Gasteiger partial charge in [0.25, 0.3) is 5.91 Å². The minimum atomic E-state index is -0.341. The van der Waals surface area contributed by atoms with Crippen molar-refractivity contribution in [1.82, 2.24) is 19.8 Å². The summed E-state index contributed by atoms with van der Waals surface area (Å²) in [5, 5.41) is 15.5. The number of methoxy groups -OCH3 is 2. The van der Waals surface area contributed by atoms with Crippen LogP contribution in [0.4, 0.5) is 5.69 Å². The first kappa shape index (κ1) is 16.2. The molecule has 126 valence electrons. The summed E-state index contributed by atoms with van der Waals surface area (Å²) in [5.74, 6) is 1.70. The summed E-state index contributed by atoms with van der Waals surface area (Å²) in [6.07, 6.45) is 0. The third kappa shape index (κ3) is 2.90. The quantitative estimate of drug-likeness (QED) is 0.763. The molecule has 0 saturated heterocycles. The van der Waals surface area contributed by atoms with Crippen LogP contribution in [0, 0.1) is 0 Å². The molecule has 0 fully saturated rings. The molecule has 2 heterocycles. The fourth-order valence-electron chi connectivity index (χ4n) is 2.17. The lowest BCUT2D eigenvalue weighted by atomic mass is 10.2. The second-order valence-electron chi connectivity index (χ2n) is 5.33. The fourth-order valence-corrected chi connectivity index (χ4v) is 2.91. The van der Waals surface area contributed by atoms with E-state index < -0.39 is 0 Å². The maximum atomic E-state index is 12.5. The zero-order valence-electron chi connectivity index (χ0n) is 13.7. The van der Waals surface area contributed by atoms with Crippen molar-refractivity contribution in [2.75, 3.05) is 19.5 Å². The van der Waals surface area contributed by atoms with Gasteiger partial charge in [-0.05, 0) is 12.1 Å². The Morgan fingerprint density at radius 2 is 2.04 bits per heavy atom. The number of benzene rings is 1. The maximum absolute atomic E-state index is 12.5. The highest BCUT2D eigenvalue weighted by Gasteiger charge is 2.19. The minimum Gasteiger partial charge on any atom is -0.497 e. The van der Waals surface area contributed by atoms with Gasteiger partial charge in [0.05, 0.1) is 19.9 Å². The number of carbonyl (C=O) groups excluding carboxylic acids is 1. The van der Waals surface area contributed by atoms with Gasteiger partial charge in [0, 0.05) is 12.0 Å². The van der Waals surface area contributed by atoms with E-state index in [2.05, 4.69) is 20.6 Å². The van der Waals surface area contributed by atoms with Crippen molar-refractivity contribution in [3.8, 4) is 11.5 Å². The van der Waals surface area contributed by atoms with Crippen LogP contribution in [0.1, 0.15) is 35.4 Å². The Morgan fingerprint density at radius 1 is 1.25 bits per heavy atom. The van der Waals surface area contributed by atoms with Gasteiger partial charge in [-0.25, -0.2) is 0 Å². The van der Waals surface area contributed by atoms with Gasteiger partial charge >= 0.3 is 0 Å². The minimum absolute atomic E-state index is 0.163. The van der Waals surface area contributed by atoms with Crippen molar-refractivity contribution < 1.29 is 14.3 Å². The van der Waals surface area contributed by atoms with Crippen molar-refractivity contribution in [2.24, 2.45) is 0 Å². The van der Waals surface area contributed by atoms with Crippen LogP contribution in [0.2, 0.25) is 0 Å². The summed E-state index contributed by atoms with van der Waals surface area (Å²) < 4.78 is 12.0. The summed E-state index contributed by atoms with van der Waals surface area (Å²) in [6, 6.07) is 5.17. The molecule has 1 aromatic carbocycles. The molecule has 24 heavy (non-hydrogen) atoms. The molecule has 8 nitrogen and oxygen atoms in total. The summed E-state index contributed by atoms with van der Waals surface area (Å²) in [5.41, 5.74) is 0.511. The molecule has 0 aliphatic rings. The number of fused-ring (bicyclic) bond motifs is 1. The zero-order valence-corrected chi connectivity index (χ0v) is 14.5. The molecule has 0 unspecified atom stereocenters. The van der Waals surface area contributed by atoms with Crippen molar-refractivity contribution in [1.29, 1.82) is 0 Å². The first-order valence-corrected chi connectivity index (χ1v) is 8.10. The number of carbonyl (C=O) groups is 1. The number of nitrogens with zero attached hydrogens (tertiary/aromatic N) is 4. The number of hydrogen-bond donors (Lipinski definition) is 1. The van der Waals surface area contributed by atoms with Crippen molar-refractivity contribution in [3.05, 3.63) is 29.0 Å². The normalized spacial score (nSPS) is 11.0. The van der Waals surface area contributed by atoms with E-state index in [0.717, 1.165) is 5.82 Å². The van der Waals surface area contributed by atoms with Crippen LogP contribution in [0.3, 0.4) is 0 Å². The molecule has 0 radical (unpaired) electrons. The topological polar surface area (TPSA) is 90.6 Å². The molecule has 9 heteroatoms. The second-order valence-corrected chi connectivity index (χ2v) is 6.29. The molecule has 0 bridgehead atoms. The number of rotatable bonds is 5. The Labute approximate surface area is 142 Å². The van der Waals surface area contributed by atoms with Gasteiger partial charge in [0.15, 0.2) is 5.82 Å². The molecule has 0 spiro atoms. The van der Waals surface area contributed by atoms with Crippen LogP contribution >= 0.6 is 11.3 Å². The molecule has 1 amide bonds. The van der Waals surface area contributed by atoms with E-state index in [-0.39, 0.29) is 11.8 Å². The number of ether oxygens (including phenoxy) is 2. The Bertz CT molecular complexity index is 886. The summed E-state index contributed by atoms with van der Waals surface area (Å²) in [6.45, 7) is 3.99. The van der Waals surface area contributed by atoms with Gasteiger partial charge in [-0.2, -0.15) is 4.52 Å². The molecule has 1 N–H and O–H groups in total. The highest BCUT2D eigenvalue weighted by Crippen LogP contribution is 2.29. The van der Waals surface area contributed by atoms with Crippen LogP contribution in [0.5, 0.6) is 11.5 Å². The van der Waals surface area contributed by atoms with Crippen molar-refractivity contribution >= 4 is 27.9 Å². The van der Waals surface area contributed by atoms with Crippen LogP contribution < -0.4 is 14.8 Å². The van der Waals surface area contributed by atoms with Crippen LogP contribution in [0.15, 0.2) is 18.2 Å². The number of hydrogen-bond acceptors (Lipinski definition) is 7. The smallest absolute Gasteiger partial charge is 0.286 e. The SMILES string of the molecule is COc1ccc(OC)c(NC(=O)c2nn3c(C(C)C)nnc3s2)c1. The van der Waals surface area contributed by atoms with Gasteiger partial charge in [-0.15, -0.1) is 15.3 Å². The van der Waals surface area contributed by atoms with E-state index in [9.17, 15) is 4.79 Å². The molecule has 0 saturated carbocycles. The number of aromatic nitrogens is 4. The molecule has 0 aliphatic carbocycles. The van der Waals surface area contributed by atoms with Crippen LogP contribution in [0.25, 0.3) is 4.96 Å². The summed E-state index contributed by atoms with van der Waals surface area (Å²) >= 11 is 1.18. The van der Waals surface area contributed by atoms with Crippen molar-refractivity contribution in [2.45, 2.75) is 19.8 Å². The third-order valence-corrected chi connectivity index (χ3v) is 4.28. The molecule has 2 aromatic heterocycles. The van der Waals surface area contributed by atoms with Gasteiger partial charge in [-0.3, -0.25) is 4.79 Å². The van der Waals surface area contributed by atoms with Gasteiger partial charge in [-0.1, -0.05) is 25.2 Å². The van der Waals surface area contributed by atoms with E-state index in [1.807, 2.05) is 13.8 Å². The van der Waals surface area contributed by atoms with E-state index in [4.69, 9.17) is 9.47 Å². The Balaban J connectivity index is 1.90. The largest absolute Gasteiger partial charge is 0.497 e. The van der Waals surface area contributed by atoms with Gasteiger partial charge < -0.3 is 14.8 Å². The van der Waals surface area contributed by atoms with E-state index in [1.54, 1.807) is 29.8 Å². The fraction of sp³-hybridized carbons (Fsp3) is 0.333. The zero-order chi connectivity index (χ0) is 17.3. The molecule has 3 aromatic rings. The molecule has 0 aliphatic heterocycles. The van der Waals surface area contributed by atoms with Gasteiger partial charge in [0.1, 0.15) is 11.5 Å². The van der Waals surface area contributed by atoms with E-state index in [0.29, 0.717) is 27.2 Å². The van der Waals surface area contributed by atoms with E-state index >= 15 is 0 Å². The lowest BCUT2D eigenvalue weighted by molar-refractivity contribution is 0.102. The molecular weight excluding hydrogens is 330 g/mol. The molecule has 3 rings (SSSR count). The van der Waals surface area contributed by atoms with Crippen molar-refractivity contribution in [3.63, 3.8) is 0 Å². The maximum Gasteiger partial charge on any atom is 0.286 e. The standard InChI is InChI=1S/C15H17N5O3S/c1-8(2)12-17-18-15-20(12)19-14(24-15)13(21)16-10-7-9(22-3)5-6-11(10)23-4/h5-8H,1-4H3,(H,16,21). The lowest BCUT2D eigenvalue weighted by Crippen LogP contribution is -2.13. The summed E-state index contributed by atoms with van der Waals surface area (Å²) in [7, 11) is 3.10. The highest BCUT2D eigenvalue weighted by atomic mass is 32.1. The second kappa shape index (κ2) is 6.44. The monoisotopic (exact) mass is 347 g/mol. The van der Waals surface area contributed by atoms with Gasteiger partial charge in [0.2, 0.25) is 9.97 Å². The first-order chi connectivity index (χ1) is 11.5. The first-order valence-electron chi connectivity index (χ1n) is 7.29. The Hall–Kier alpha value is -2.68. The predicted octanol–water partition coefficient (Wildman–Crippen LogP) is 2.58. The van der Waals surface area contributed by atoms with Crippen LogP contribution in [-0.2, 0) is 0 Å². The average Bonchev–Trinajstić information content (AvgIpc) is 3.14. The number of amides is 1. The number of nitrogens with one attached hydrogen (secondary N) is 1. The van der Waals surface area contributed by atoms with E-state index in [1.165, 1.54) is 18.4 Å². The Morgan fingerprint density at radius 3 is 2.71 bits per heavy atom. The Kier molecular flexibility index (Phi) is 4.34. The number of anilines is 1.